The first-order chi connectivity index (χ1) is 16.9. The van der Waals surface area contributed by atoms with Gasteiger partial charge in [-0.05, 0) is 50.4 Å². The maximum atomic E-state index is 13.9. The molecule has 1 fully saturated rings. The number of carbonyl (C=O) groups excluding carboxylic acids is 1. The van der Waals surface area contributed by atoms with Crippen LogP contribution in [0.15, 0.2) is 18.2 Å². The maximum absolute atomic E-state index is 13.9. The van der Waals surface area contributed by atoms with Gasteiger partial charge in [0.05, 0.1) is 23.5 Å². The van der Waals surface area contributed by atoms with E-state index in [9.17, 15) is 9.18 Å². The fourth-order valence-electron chi connectivity index (χ4n) is 5.08. The molecule has 10 heteroatoms. The molecule has 0 aromatic carbocycles. The lowest BCUT2D eigenvalue weighted by Gasteiger charge is -2.26. The first-order valence-electron chi connectivity index (χ1n) is 12.0. The lowest BCUT2D eigenvalue weighted by molar-refractivity contribution is 0.0938. The Morgan fingerprint density at radius 3 is 2.94 bits per heavy atom. The molecule has 3 atom stereocenters. The monoisotopic (exact) mass is 498 g/mol. The van der Waals surface area contributed by atoms with Crippen molar-refractivity contribution in [3.05, 3.63) is 45.8 Å². The van der Waals surface area contributed by atoms with E-state index >= 15 is 0 Å². The summed E-state index contributed by atoms with van der Waals surface area (Å²) in [5.74, 6) is 0.314. The number of nitrogens with two attached hydrogens (primary N) is 1. The van der Waals surface area contributed by atoms with Gasteiger partial charge in [0.1, 0.15) is 21.3 Å². The van der Waals surface area contributed by atoms with E-state index in [1.54, 1.807) is 14.0 Å². The van der Waals surface area contributed by atoms with Crippen molar-refractivity contribution < 1.29 is 13.9 Å². The van der Waals surface area contributed by atoms with Gasteiger partial charge in [-0.3, -0.25) is 4.79 Å². The molecule has 1 saturated heterocycles. The molecule has 3 aromatic rings. The normalized spacial score (nSPS) is 21.9. The second kappa shape index (κ2) is 9.67. The number of nitrogen functional groups attached to an aromatic ring is 1. The minimum atomic E-state index is -0.423. The fraction of sp³-hybridized carbons (Fsp3) is 0.480. The topological polar surface area (TPSA) is 105 Å². The molecule has 3 unspecified atom stereocenters. The van der Waals surface area contributed by atoms with E-state index in [4.69, 9.17) is 15.5 Å². The Kier molecular flexibility index (Phi) is 6.61. The number of ether oxygens (including phenoxy) is 1. The van der Waals surface area contributed by atoms with Gasteiger partial charge in [-0.1, -0.05) is 13.0 Å². The predicted octanol–water partition coefficient (Wildman–Crippen LogP) is 2.82. The number of rotatable bonds is 6. The number of fused-ring (bicyclic) bond motifs is 2. The minimum absolute atomic E-state index is 0.0125. The Morgan fingerprint density at radius 1 is 1.34 bits per heavy atom. The van der Waals surface area contributed by atoms with Crippen molar-refractivity contribution in [3.63, 3.8) is 0 Å². The number of carbonyl (C=O) groups is 1. The Bertz CT molecular complexity index is 1260. The van der Waals surface area contributed by atoms with Crippen LogP contribution in [0.25, 0.3) is 10.2 Å². The van der Waals surface area contributed by atoms with Gasteiger partial charge < -0.3 is 26.0 Å². The van der Waals surface area contributed by atoms with Gasteiger partial charge in [-0.15, -0.1) is 11.3 Å². The molecule has 35 heavy (non-hydrogen) atoms. The van der Waals surface area contributed by atoms with Crippen LogP contribution in [0.4, 0.5) is 15.9 Å². The summed E-state index contributed by atoms with van der Waals surface area (Å²) in [6.45, 7) is 6.29. The third kappa shape index (κ3) is 4.57. The molecule has 4 N–H and O–H groups in total. The Hall–Kier alpha value is -2.82. The van der Waals surface area contributed by atoms with Crippen molar-refractivity contribution in [3.8, 4) is 0 Å². The van der Waals surface area contributed by atoms with Gasteiger partial charge in [0.25, 0.3) is 5.91 Å². The van der Waals surface area contributed by atoms with Crippen LogP contribution in [0, 0.1) is 12.7 Å². The van der Waals surface area contributed by atoms with Crippen molar-refractivity contribution in [2.24, 2.45) is 0 Å². The molecular weight excluding hydrogens is 467 g/mol. The van der Waals surface area contributed by atoms with Crippen LogP contribution < -0.4 is 21.3 Å². The molecule has 1 aliphatic carbocycles. The standard InChI is InChI=1S/C25H31FN6O2S/c1-4-28-19-11-32(12-20(19)34-3)21-8-5-14-9-15(6-7-18(14)31-21)30-24(33)23-22(27)16-10-17(26)13(2)29-25(16)35-23/h5,8,10,15,19-20,28H,4,6-7,9,11-12,27H2,1-3H3,(H,30,33). The van der Waals surface area contributed by atoms with Crippen molar-refractivity contribution in [1.29, 1.82) is 0 Å². The Morgan fingerprint density at radius 2 is 2.17 bits per heavy atom. The highest BCUT2D eigenvalue weighted by molar-refractivity contribution is 7.21. The summed E-state index contributed by atoms with van der Waals surface area (Å²) in [5, 5.41) is 7.10. The number of hydrogen-bond acceptors (Lipinski definition) is 8. The lowest BCUT2D eigenvalue weighted by atomic mass is 9.91. The summed E-state index contributed by atoms with van der Waals surface area (Å²) in [5.41, 5.74) is 9.00. The number of methoxy groups -OCH3 is 1. The van der Waals surface area contributed by atoms with Crippen LogP contribution >= 0.6 is 11.3 Å². The minimum Gasteiger partial charge on any atom is -0.397 e. The summed E-state index contributed by atoms with van der Waals surface area (Å²) in [6, 6.07) is 5.83. The highest BCUT2D eigenvalue weighted by Crippen LogP contribution is 2.34. The zero-order valence-corrected chi connectivity index (χ0v) is 21.0. The molecule has 0 saturated carbocycles. The molecule has 1 aliphatic heterocycles. The number of hydrogen-bond donors (Lipinski definition) is 3. The van der Waals surface area contributed by atoms with Crippen LogP contribution in [0.2, 0.25) is 0 Å². The van der Waals surface area contributed by atoms with Crippen molar-refractivity contribution in [1.82, 2.24) is 20.6 Å². The SMILES string of the molecule is CCNC1CN(c2ccc3c(n2)CCC(NC(=O)c2sc4nc(C)c(F)cc4c2N)C3)CC1OC. The largest absolute Gasteiger partial charge is 0.397 e. The zero-order chi connectivity index (χ0) is 24.7. The molecule has 4 heterocycles. The van der Waals surface area contributed by atoms with E-state index in [2.05, 4.69) is 39.6 Å². The van der Waals surface area contributed by atoms with Gasteiger partial charge in [-0.2, -0.15) is 0 Å². The molecule has 2 aliphatic rings. The van der Waals surface area contributed by atoms with E-state index in [1.807, 2.05) is 0 Å². The quantitative estimate of drug-likeness (QED) is 0.480. The second-order valence-electron chi connectivity index (χ2n) is 9.28. The van der Waals surface area contributed by atoms with Crippen LogP contribution in [0.5, 0.6) is 0 Å². The molecule has 186 valence electrons. The average molecular weight is 499 g/mol. The Labute approximate surface area is 208 Å². The molecule has 5 rings (SSSR count). The predicted molar refractivity (Wildman–Crippen MR) is 137 cm³/mol. The molecular formula is C25H31FN6O2S. The average Bonchev–Trinajstić information content (AvgIpc) is 3.40. The van der Waals surface area contributed by atoms with E-state index in [1.165, 1.54) is 17.4 Å². The number of pyridine rings is 2. The summed E-state index contributed by atoms with van der Waals surface area (Å²) in [4.78, 5) is 25.4. The van der Waals surface area contributed by atoms with E-state index < -0.39 is 5.82 Å². The number of aromatic nitrogens is 2. The zero-order valence-electron chi connectivity index (χ0n) is 20.2. The molecule has 0 bridgehead atoms. The van der Waals surface area contributed by atoms with Crippen LogP contribution in [0.3, 0.4) is 0 Å². The highest BCUT2D eigenvalue weighted by atomic mass is 32.1. The molecule has 3 aromatic heterocycles. The molecule has 0 radical (unpaired) electrons. The third-order valence-electron chi connectivity index (χ3n) is 7.00. The number of likely N-dealkylation sites (N-methyl/N-ethyl adjacent to an activating group) is 1. The first-order valence-corrected chi connectivity index (χ1v) is 12.9. The molecule has 1 amide bonds. The smallest absolute Gasteiger partial charge is 0.263 e. The summed E-state index contributed by atoms with van der Waals surface area (Å²) >= 11 is 1.20. The van der Waals surface area contributed by atoms with E-state index in [0.717, 1.165) is 49.6 Å². The summed E-state index contributed by atoms with van der Waals surface area (Å²) < 4.78 is 19.6. The van der Waals surface area contributed by atoms with Crippen molar-refractivity contribution >= 4 is 39.0 Å². The molecule has 8 nitrogen and oxygen atoms in total. The number of nitrogens with zero attached hydrogens (tertiary/aromatic N) is 3. The van der Waals surface area contributed by atoms with Gasteiger partial charge in [0.15, 0.2) is 0 Å². The van der Waals surface area contributed by atoms with Gasteiger partial charge in [-0.25, -0.2) is 14.4 Å². The van der Waals surface area contributed by atoms with Crippen molar-refractivity contribution in [2.75, 3.05) is 37.4 Å². The summed E-state index contributed by atoms with van der Waals surface area (Å²) in [7, 11) is 1.76. The van der Waals surface area contributed by atoms with Gasteiger partial charge in [0, 0.05) is 37.3 Å². The molecule has 0 spiro atoms. The van der Waals surface area contributed by atoms with E-state index in [0.29, 0.717) is 33.3 Å². The number of halogens is 1. The summed E-state index contributed by atoms with van der Waals surface area (Å²) in [6.07, 6.45) is 2.45. The second-order valence-corrected chi connectivity index (χ2v) is 10.3. The first kappa shape index (κ1) is 23.9. The fourth-order valence-corrected chi connectivity index (χ4v) is 6.11. The third-order valence-corrected chi connectivity index (χ3v) is 8.11. The Balaban J connectivity index is 1.27. The van der Waals surface area contributed by atoms with Gasteiger partial charge >= 0.3 is 0 Å². The lowest BCUT2D eigenvalue weighted by Crippen LogP contribution is -2.40. The number of amides is 1. The number of thiophene rings is 1. The highest BCUT2D eigenvalue weighted by Gasteiger charge is 2.33. The van der Waals surface area contributed by atoms with Crippen LogP contribution in [-0.4, -0.2) is 60.8 Å². The van der Waals surface area contributed by atoms with Crippen molar-refractivity contribution in [2.45, 2.75) is 51.3 Å². The van der Waals surface area contributed by atoms with Gasteiger partial charge in [0.2, 0.25) is 0 Å². The number of anilines is 2. The maximum Gasteiger partial charge on any atom is 0.263 e. The van der Waals surface area contributed by atoms with Crippen LogP contribution in [0.1, 0.15) is 40.0 Å². The number of nitrogens with one attached hydrogen (secondary N) is 2. The van der Waals surface area contributed by atoms with E-state index in [-0.39, 0.29) is 23.7 Å². The van der Waals surface area contributed by atoms with Crippen LogP contribution in [-0.2, 0) is 17.6 Å². The number of aryl methyl sites for hydroxylation is 2.